The number of anilines is 2. The summed E-state index contributed by atoms with van der Waals surface area (Å²) in [4.78, 5) is 25.4. The quantitative estimate of drug-likeness (QED) is 0.745. The summed E-state index contributed by atoms with van der Waals surface area (Å²) < 4.78 is 0. The molecule has 0 aromatic heterocycles. The van der Waals surface area contributed by atoms with Gasteiger partial charge in [0.1, 0.15) is 5.92 Å². The van der Waals surface area contributed by atoms with Crippen LogP contribution in [0.15, 0.2) is 60.7 Å². The molecule has 0 heterocycles. The summed E-state index contributed by atoms with van der Waals surface area (Å²) in [5.74, 6) is -1.31. The monoisotopic (exact) mass is 324 g/mol. The van der Waals surface area contributed by atoms with E-state index in [0.29, 0.717) is 11.4 Å². The molecule has 4 nitrogen and oxygen atoms in total. The fourth-order valence-electron chi connectivity index (χ4n) is 2.74. The van der Waals surface area contributed by atoms with Crippen LogP contribution in [-0.2, 0) is 9.59 Å². The van der Waals surface area contributed by atoms with Crippen molar-refractivity contribution in [2.45, 2.75) is 26.7 Å². The smallest absolute Gasteiger partial charge is 0.237 e. The first-order valence-electron chi connectivity index (χ1n) is 8.33. The average molecular weight is 324 g/mol. The molecule has 0 fully saturated rings. The molecule has 4 heteroatoms. The summed E-state index contributed by atoms with van der Waals surface area (Å²) in [7, 11) is 0. The van der Waals surface area contributed by atoms with Crippen molar-refractivity contribution in [1.82, 2.24) is 0 Å². The molecule has 24 heavy (non-hydrogen) atoms. The third kappa shape index (κ3) is 4.95. The maximum absolute atomic E-state index is 12.7. The van der Waals surface area contributed by atoms with E-state index in [0.717, 1.165) is 12.8 Å². The Labute approximate surface area is 143 Å². The van der Waals surface area contributed by atoms with Crippen LogP contribution in [0.2, 0.25) is 0 Å². The van der Waals surface area contributed by atoms with Gasteiger partial charge in [-0.3, -0.25) is 9.59 Å². The van der Waals surface area contributed by atoms with Crippen molar-refractivity contribution >= 4 is 23.2 Å². The van der Waals surface area contributed by atoms with E-state index < -0.39 is 5.92 Å². The van der Waals surface area contributed by atoms with Crippen molar-refractivity contribution in [1.29, 1.82) is 0 Å². The molecule has 0 spiro atoms. The van der Waals surface area contributed by atoms with Crippen LogP contribution in [0.4, 0.5) is 11.4 Å². The van der Waals surface area contributed by atoms with Crippen molar-refractivity contribution in [2.24, 2.45) is 11.8 Å². The molecule has 0 aliphatic carbocycles. The minimum absolute atomic E-state index is 0.0394. The van der Waals surface area contributed by atoms with Gasteiger partial charge in [-0.25, -0.2) is 0 Å². The lowest BCUT2D eigenvalue weighted by atomic mass is 9.88. The lowest BCUT2D eigenvalue weighted by Crippen LogP contribution is -2.38. The van der Waals surface area contributed by atoms with Gasteiger partial charge in [-0.2, -0.15) is 0 Å². The maximum atomic E-state index is 12.7. The van der Waals surface area contributed by atoms with Gasteiger partial charge in [-0.15, -0.1) is 0 Å². The van der Waals surface area contributed by atoms with Crippen LogP contribution in [0, 0.1) is 11.8 Å². The highest BCUT2D eigenvalue weighted by atomic mass is 16.2. The summed E-state index contributed by atoms with van der Waals surface area (Å²) >= 11 is 0. The Hall–Kier alpha value is -2.62. The molecule has 2 N–H and O–H groups in total. The van der Waals surface area contributed by atoms with Gasteiger partial charge in [0.05, 0.1) is 0 Å². The lowest BCUT2D eigenvalue weighted by molar-refractivity contribution is -0.131. The standard InChI is InChI=1S/C20H24N2O2/c1-3-10-15(2)18(19(23)21-16-11-6-4-7-12-16)20(24)22-17-13-8-5-9-14-17/h4-9,11-15,18H,3,10H2,1-2H3,(H,21,23)(H,22,24)/t15-/m0/s1. The summed E-state index contributed by atoms with van der Waals surface area (Å²) in [6.07, 6.45) is 1.74. The van der Waals surface area contributed by atoms with Gasteiger partial charge in [-0.05, 0) is 36.6 Å². The maximum Gasteiger partial charge on any atom is 0.237 e. The lowest BCUT2D eigenvalue weighted by Gasteiger charge is -2.22. The SMILES string of the molecule is CCC[C@H](C)C(C(=O)Nc1ccccc1)C(=O)Nc1ccccc1. The number of amides is 2. The predicted molar refractivity (Wildman–Crippen MR) is 97.7 cm³/mol. The van der Waals surface area contributed by atoms with Crippen molar-refractivity contribution in [3.05, 3.63) is 60.7 Å². The van der Waals surface area contributed by atoms with Crippen LogP contribution >= 0.6 is 0 Å². The van der Waals surface area contributed by atoms with Gasteiger partial charge >= 0.3 is 0 Å². The van der Waals surface area contributed by atoms with Gasteiger partial charge in [-0.1, -0.05) is 56.7 Å². The number of benzene rings is 2. The first-order chi connectivity index (χ1) is 11.6. The molecule has 0 bridgehead atoms. The topological polar surface area (TPSA) is 58.2 Å². The Morgan fingerprint density at radius 2 is 1.25 bits per heavy atom. The van der Waals surface area contributed by atoms with E-state index in [1.165, 1.54) is 0 Å². The van der Waals surface area contributed by atoms with Gasteiger partial charge in [0, 0.05) is 11.4 Å². The van der Waals surface area contributed by atoms with Gasteiger partial charge < -0.3 is 10.6 Å². The first kappa shape index (κ1) is 17.7. The first-order valence-corrected chi connectivity index (χ1v) is 8.33. The molecular weight excluding hydrogens is 300 g/mol. The molecule has 0 unspecified atom stereocenters. The molecule has 2 amide bonds. The van der Waals surface area contributed by atoms with Crippen molar-refractivity contribution < 1.29 is 9.59 Å². The van der Waals surface area contributed by atoms with Crippen LogP contribution in [-0.4, -0.2) is 11.8 Å². The Morgan fingerprint density at radius 3 is 1.62 bits per heavy atom. The number of carbonyl (C=O) groups excluding carboxylic acids is 2. The minimum atomic E-state index is -0.731. The van der Waals surface area contributed by atoms with Crippen molar-refractivity contribution in [2.75, 3.05) is 10.6 Å². The van der Waals surface area contributed by atoms with Crippen LogP contribution in [0.1, 0.15) is 26.7 Å². The summed E-state index contributed by atoms with van der Waals surface area (Å²) in [6, 6.07) is 18.4. The highest BCUT2D eigenvalue weighted by Gasteiger charge is 2.32. The number of hydrogen-bond donors (Lipinski definition) is 2. The minimum Gasteiger partial charge on any atom is -0.325 e. The van der Waals surface area contributed by atoms with E-state index in [2.05, 4.69) is 17.6 Å². The van der Waals surface area contributed by atoms with Crippen LogP contribution in [0.5, 0.6) is 0 Å². The number of hydrogen-bond acceptors (Lipinski definition) is 2. The molecule has 0 aliphatic rings. The largest absolute Gasteiger partial charge is 0.325 e. The van der Waals surface area contributed by atoms with E-state index in [1.54, 1.807) is 0 Å². The fourth-order valence-corrected chi connectivity index (χ4v) is 2.74. The van der Waals surface area contributed by atoms with Crippen LogP contribution in [0.25, 0.3) is 0 Å². The Bertz CT molecular complexity index is 602. The molecule has 0 saturated heterocycles. The number of carbonyl (C=O) groups is 2. The molecule has 126 valence electrons. The molecule has 1 atom stereocenters. The Kier molecular flexibility index (Phi) is 6.55. The zero-order chi connectivity index (χ0) is 17.4. The average Bonchev–Trinajstić information content (AvgIpc) is 2.57. The molecule has 0 aliphatic heterocycles. The van der Waals surface area contributed by atoms with E-state index in [4.69, 9.17) is 0 Å². The van der Waals surface area contributed by atoms with Gasteiger partial charge in [0.25, 0.3) is 0 Å². The molecular formula is C20H24N2O2. The summed E-state index contributed by atoms with van der Waals surface area (Å²) in [5, 5.41) is 5.70. The van der Waals surface area contributed by atoms with E-state index >= 15 is 0 Å². The zero-order valence-corrected chi connectivity index (χ0v) is 14.2. The highest BCUT2D eigenvalue weighted by molar-refractivity contribution is 6.11. The van der Waals surface area contributed by atoms with Crippen LogP contribution in [0.3, 0.4) is 0 Å². The van der Waals surface area contributed by atoms with E-state index in [9.17, 15) is 9.59 Å². The van der Waals surface area contributed by atoms with E-state index in [-0.39, 0.29) is 17.7 Å². The molecule has 2 aromatic carbocycles. The molecule has 0 saturated carbocycles. The third-order valence-electron chi connectivity index (χ3n) is 3.96. The Balaban J connectivity index is 2.14. The molecule has 2 rings (SSSR count). The van der Waals surface area contributed by atoms with Crippen LogP contribution < -0.4 is 10.6 Å². The van der Waals surface area contributed by atoms with Crippen molar-refractivity contribution in [3.8, 4) is 0 Å². The predicted octanol–water partition coefficient (Wildman–Crippen LogP) is 4.32. The highest BCUT2D eigenvalue weighted by Crippen LogP contribution is 2.22. The zero-order valence-electron chi connectivity index (χ0n) is 14.2. The van der Waals surface area contributed by atoms with Crippen molar-refractivity contribution in [3.63, 3.8) is 0 Å². The van der Waals surface area contributed by atoms with E-state index in [1.807, 2.05) is 67.6 Å². The molecule has 2 aromatic rings. The molecule has 0 radical (unpaired) electrons. The fraction of sp³-hybridized carbons (Fsp3) is 0.300. The normalized spacial score (nSPS) is 11.8. The number of nitrogens with one attached hydrogen (secondary N) is 2. The Morgan fingerprint density at radius 1 is 0.833 bits per heavy atom. The number of para-hydroxylation sites is 2. The van der Waals surface area contributed by atoms with Gasteiger partial charge in [0.15, 0.2) is 0 Å². The van der Waals surface area contributed by atoms with Gasteiger partial charge in [0.2, 0.25) is 11.8 Å². The second-order valence-corrected chi connectivity index (χ2v) is 5.95. The second kappa shape index (κ2) is 8.87. The number of rotatable bonds is 7. The third-order valence-corrected chi connectivity index (χ3v) is 3.96. The summed E-state index contributed by atoms with van der Waals surface area (Å²) in [5.41, 5.74) is 1.40. The summed E-state index contributed by atoms with van der Waals surface area (Å²) in [6.45, 7) is 4.00. The second-order valence-electron chi connectivity index (χ2n) is 5.95.